The monoisotopic (exact) mass is 257 g/mol. The van der Waals surface area contributed by atoms with Gasteiger partial charge in [0.1, 0.15) is 5.82 Å². The molecule has 1 aromatic carbocycles. The van der Waals surface area contributed by atoms with E-state index in [2.05, 4.69) is 27.8 Å². The van der Waals surface area contributed by atoms with Gasteiger partial charge in [-0.25, -0.2) is 4.39 Å². The Morgan fingerprint density at radius 3 is 3.00 bits per heavy atom. The van der Waals surface area contributed by atoms with E-state index in [0.717, 1.165) is 0 Å². The van der Waals surface area contributed by atoms with Crippen LogP contribution in [-0.4, -0.2) is 12.5 Å². The number of hydrogen-bond acceptors (Lipinski definition) is 1. The van der Waals surface area contributed by atoms with Crippen molar-refractivity contribution in [1.29, 1.82) is 0 Å². The fourth-order valence-electron chi connectivity index (χ4n) is 0.939. The SMILES string of the molecule is C=CCNC(=O)c1cccc(F)c1Br. The maximum atomic E-state index is 13.0. The number of halogens is 2. The molecular weight excluding hydrogens is 249 g/mol. The molecule has 0 unspecified atom stereocenters. The smallest absolute Gasteiger partial charge is 0.252 e. The Kier molecular flexibility index (Phi) is 3.83. The van der Waals surface area contributed by atoms with E-state index in [-0.39, 0.29) is 15.9 Å². The van der Waals surface area contributed by atoms with E-state index < -0.39 is 5.82 Å². The zero-order chi connectivity index (χ0) is 10.6. The molecule has 0 spiro atoms. The highest BCUT2D eigenvalue weighted by molar-refractivity contribution is 9.10. The Bertz CT molecular complexity index is 365. The van der Waals surface area contributed by atoms with Crippen molar-refractivity contribution in [3.05, 3.63) is 46.7 Å². The number of nitrogens with one attached hydrogen (secondary N) is 1. The lowest BCUT2D eigenvalue weighted by molar-refractivity contribution is 0.0956. The van der Waals surface area contributed by atoms with Crippen LogP contribution in [-0.2, 0) is 0 Å². The summed E-state index contributed by atoms with van der Waals surface area (Å²) in [5.41, 5.74) is 0.284. The van der Waals surface area contributed by atoms with Crippen molar-refractivity contribution >= 4 is 21.8 Å². The number of carbonyl (C=O) groups is 1. The van der Waals surface area contributed by atoms with Crippen LogP contribution in [0.1, 0.15) is 10.4 Å². The second-order valence-electron chi connectivity index (χ2n) is 2.60. The molecule has 14 heavy (non-hydrogen) atoms. The summed E-state index contributed by atoms with van der Waals surface area (Å²) in [6, 6.07) is 4.32. The van der Waals surface area contributed by atoms with Gasteiger partial charge in [-0.2, -0.15) is 0 Å². The molecule has 1 N–H and O–H groups in total. The Morgan fingerprint density at radius 1 is 1.64 bits per heavy atom. The molecule has 0 radical (unpaired) electrons. The first-order valence-electron chi connectivity index (χ1n) is 4.00. The molecule has 4 heteroatoms. The summed E-state index contributed by atoms with van der Waals surface area (Å²) in [5, 5.41) is 2.56. The predicted molar refractivity (Wildman–Crippen MR) is 56.6 cm³/mol. The third kappa shape index (κ3) is 2.42. The highest BCUT2D eigenvalue weighted by Crippen LogP contribution is 2.19. The molecule has 1 aromatic rings. The molecule has 74 valence electrons. The van der Waals surface area contributed by atoms with Crippen LogP contribution in [0.3, 0.4) is 0 Å². The number of benzene rings is 1. The molecule has 0 fully saturated rings. The van der Waals surface area contributed by atoms with Gasteiger partial charge in [-0.15, -0.1) is 6.58 Å². The van der Waals surface area contributed by atoms with Crippen LogP contribution in [0.25, 0.3) is 0 Å². The van der Waals surface area contributed by atoms with Crippen LogP contribution < -0.4 is 5.32 Å². The lowest BCUT2D eigenvalue weighted by Crippen LogP contribution is -2.23. The van der Waals surface area contributed by atoms with Gasteiger partial charge in [0.25, 0.3) is 5.91 Å². The molecule has 1 rings (SSSR count). The molecule has 0 bridgehead atoms. The largest absolute Gasteiger partial charge is 0.349 e. The normalized spacial score (nSPS) is 9.57. The van der Waals surface area contributed by atoms with E-state index in [1.165, 1.54) is 12.1 Å². The fraction of sp³-hybridized carbons (Fsp3) is 0.100. The van der Waals surface area contributed by atoms with E-state index in [1.54, 1.807) is 12.1 Å². The van der Waals surface area contributed by atoms with Gasteiger partial charge < -0.3 is 5.32 Å². The van der Waals surface area contributed by atoms with E-state index in [0.29, 0.717) is 6.54 Å². The minimum absolute atomic E-state index is 0.182. The van der Waals surface area contributed by atoms with E-state index >= 15 is 0 Å². The summed E-state index contributed by atoms with van der Waals surface area (Å²) in [4.78, 5) is 11.4. The van der Waals surface area contributed by atoms with Crippen molar-refractivity contribution in [1.82, 2.24) is 5.32 Å². The van der Waals surface area contributed by atoms with E-state index in [1.807, 2.05) is 0 Å². The van der Waals surface area contributed by atoms with Crippen LogP contribution in [0.4, 0.5) is 4.39 Å². The first-order valence-corrected chi connectivity index (χ1v) is 4.79. The van der Waals surface area contributed by atoms with Crippen LogP contribution >= 0.6 is 15.9 Å². The highest BCUT2D eigenvalue weighted by Gasteiger charge is 2.11. The third-order valence-corrected chi connectivity index (χ3v) is 2.41. The van der Waals surface area contributed by atoms with Crippen LogP contribution in [0, 0.1) is 5.82 Å². The fourth-order valence-corrected chi connectivity index (χ4v) is 1.38. The molecule has 0 saturated carbocycles. The van der Waals surface area contributed by atoms with Gasteiger partial charge in [-0.3, -0.25) is 4.79 Å². The highest BCUT2D eigenvalue weighted by atomic mass is 79.9. The number of carbonyl (C=O) groups excluding carboxylic acids is 1. The zero-order valence-corrected chi connectivity index (χ0v) is 8.97. The summed E-state index contributed by atoms with van der Waals surface area (Å²) in [7, 11) is 0. The lowest BCUT2D eigenvalue weighted by atomic mass is 10.2. The summed E-state index contributed by atoms with van der Waals surface area (Å²) in [5.74, 6) is -0.771. The molecule has 0 aliphatic rings. The Morgan fingerprint density at radius 2 is 2.36 bits per heavy atom. The van der Waals surface area contributed by atoms with Crippen molar-refractivity contribution in [3.8, 4) is 0 Å². The molecule has 0 aliphatic heterocycles. The Labute approximate surface area is 89.9 Å². The van der Waals surface area contributed by atoms with Gasteiger partial charge in [0.2, 0.25) is 0 Å². The summed E-state index contributed by atoms with van der Waals surface area (Å²) < 4.78 is 13.2. The predicted octanol–water partition coefficient (Wildman–Crippen LogP) is 2.50. The van der Waals surface area contributed by atoms with Crippen LogP contribution in [0.15, 0.2) is 35.3 Å². The average molecular weight is 258 g/mol. The van der Waals surface area contributed by atoms with Crippen molar-refractivity contribution in [2.45, 2.75) is 0 Å². The minimum atomic E-state index is -0.448. The van der Waals surface area contributed by atoms with E-state index in [9.17, 15) is 9.18 Å². The van der Waals surface area contributed by atoms with Crippen molar-refractivity contribution in [2.75, 3.05) is 6.54 Å². The maximum Gasteiger partial charge on any atom is 0.252 e. The molecule has 2 nitrogen and oxygen atoms in total. The van der Waals surface area contributed by atoms with Gasteiger partial charge >= 0.3 is 0 Å². The minimum Gasteiger partial charge on any atom is -0.349 e. The van der Waals surface area contributed by atoms with Crippen molar-refractivity contribution in [2.24, 2.45) is 0 Å². The molecule has 0 aromatic heterocycles. The summed E-state index contributed by atoms with van der Waals surface area (Å²) in [6.07, 6.45) is 1.56. The van der Waals surface area contributed by atoms with Crippen molar-refractivity contribution in [3.63, 3.8) is 0 Å². The molecule has 0 saturated heterocycles. The quantitative estimate of drug-likeness (QED) is 0.829. The zero-order valence-electron chi connectivity index (χ0n) is 7.39. The van der Waals surface area contributed by atoms with Crippen LogP contribution in [0.2, 0.25) is 0 Å². The van der Waals surface area contributed by atoms with Crippen LogP contribution in [0.5, 0.6) is 0 Å². The molecule has 0 aliphatic carbocycles. The Balaban J connectivity index is 2.89. The summed E-state index contributed by atoms with van der Waals surface area (Å²) in [6.45, 7) is 3.83. The number of rotatable bonds is 3. The number of hydrogen-bond donors (Lipinski definition) is 1. The van der Waals surface area contributed by atoms with E-state index in [4.69, 9.17) is 0 Å². The molecule has 0 atom stereocenters. The molecular formula is C10H9BrFNO. The molecule has 1 amide bonds. The molecule has 0 heterocycles. The first kappa shape index (κ1) is 10.9. The van der Waals surface area contributed by atoms with Gasteiger partial charge in [0.15, 0.2) is 0 Å². The second-order valence-corrected chi connectivity index (χ2v) is 3.39. The number of amides is 1. The topological polar surface area (TPSA) is 29.1 Å². The average Bonchev–Trinajstić information content (AvgIpc) is 2.18. The first-order chi connectivity index (χ1) is 6.66. The van der Waals surface area contributed by atoms with Gasteiger partial charge in [-0.1, -0.05) is 12.1 Å². The summed E-state index contributed by atoms with van der Waals surface area (Å²) >= 11 is 3.01. The Hall–Kier alpha value is -1.16. The van der Waals surface area contributed by atoms with Crippen molar-refractivity contribution < 1.29 is 9.18 Å². The maximum absolute atomic E-state index is 13.0. The van der Waals surface area contributed by atoms with Gasteiger partial charge in [0.05, 0.1) is 10.0 Å². The third-order valence-electron chi connectivity index (χ3n) is 1.60. The lowest BCUT2D eigenvalue weighted by Gasteiger charge is -2.04. The van der Waals surface area contributed by atoms with Gasteiger partial charge in [0, 0.05) is 6.54 Å². The second kappa shape index (κ2) is 4.91. The van der Waals surface area contributed by atoms with Gasteiger partial charge in [-0.05, 0) is 28.1 Å². The standard InChI is InChI=1S/C10H9BrFNO/c1-2-6-13-10(14)7-4-3-5-8(12)9(7)11/h2-5H,1,6H2,(H,13,14).